The van der Waals surface area contributed by atoms with Crippen molar-refractivity contribution in [2.45, 2.75) is 32.2 Å². The van der Waals surface area contributed by atoms with Crippen molar-refractivity contribution in [3.05, 3.63) is 29.2 Å². The molecule has 94 valence electrons. The fraction of sp³-hybridized carbons (Fsp3) is 0.462. The van der Waals surface area contributed by atoms with E-state index in [1.54, 1.807) is 29.9 Å². The minimum Gasteiger partial charge on any atom is -0.309 e. The van der Waals surface area contributed by atoms with Gasteiger partial charge in [-0.15, -0.1) is 11.3 Å². The van der Waals surface area contributed by atoms with Crippen molar-refractivity contribution in [2.75, 3.05) is 6.54 Å². The highest BCUT2D eigenvalue weighted by Gasteiger charge is 2.24. The maximum absolute atomic E-state index is 4.73. The molecule has 1 aliphatic rings. The van der Waals surface area contributed by atoms with Crippen molar-refractivity contribution in [3.8, 4) is 10.7 Å². The van der Waals surface area contributed by atoms with Crippen LogP contribution in [0.4, 0.5) is 0 Å². The summed E-state index contributed by atoms with van der Waals surface area (Å²) < 4.78 is 0. The quantitative estimate of drug-likeness (QED) is 0.921. The third kappa shape index (κ3) is 2.15. The summed E-state index contributed by atoms with van der Waals surface area (Å²) in [7, 11) is 0. The molecular formula is C13H16N4S. The van der Waals surface area contributed by atoms with Crippen molar-refractivity contribution in [1.82, 2.24) is 20.3 Å². The first kappa shape index (κ1) is 11.7. The van der Waals surface area contributed by atoms with Gasteiger partial charge >= 0.3 is 0 Å². The van der Waals surface area contributed by atoms with E-state index < -0.39 is 0 Å². The molecule has 0 amide bonds. The average Bonchev–Trinajstić information content (AvgIpc) is 2.85. The lowest BCUT2D eigenvalue weighted by atomic mass is 9.98. The molecule has 2 heterocycles. The maximum atomic E-state index is 4.73. The first-order valence-electron chi connectivity index (χ1n) is 6.38. The van der Waals surface area contributed by atoms with E-state index in [4.69, 9.17) is 4.98 Å². The van der Waals surface area contributed by atoms with Crippen LogP contribution >= 0.6 is 11.3 Å². The number of aryl methyl sites for hydroxylation is 1. The molecule has 0 radical (unpaired) electrons. The topological polar surface area (TPSA) is 50.7 Å². The van der Waals surface area contributed by atoms with Crippen LogP contribution in [0.2, 0.25) is 0 Å². The number of nitrogens with one attached hydrogen (secondary N) is 1. The lowest BCUT2D eigenvalue weighted by Crippen LogP contribution is -2.23. The molecule has 1 unspecified atom stereocenters. The molecule has 5 heteroatoms. The van der Waals surface area contributed by atoms with Gasteiger partial charge in [0.2, 0.25) is 0 Å². The number of thiazole rings is 1. The van der Waals surface area contributed by atoms with E-state index in [2.05, 4.69) is 22.2 Å². The van der Waals surface area contributed by atoms with Gasteiger partial charge in [-0.1, -0.05) is 6.92 Å². The second-order valence-corrected chi connectivity index (χ2v) is 5.45. The Morgan fingerprint density at radius 3 is 3.17 bits per heavy atom. The van der Waals surface area contributed by atoms with Gasteiger partial charge in [0.1, 0.15) is 10.7 Å². The number of hydrogen-bond donors (Lipinski definition) is 1. The van der Waals surface area contributed by atoms with Crippen LogP contribution in [0, 0.1) is 0 Å². The Kier molecular flexibility index (Phi) is 3.34. The zero-order chi connectivity index (χ0) is 12.4. The second kappa shape index (κ2) is 5.12. The molecule has 2 aromatic rings. The Bertz CT molecular complexity index is 523. The van der Waals surface area contributed by atoms with E-state index in [0.717, 1.165) is 23.7 Å². The van der Waals surface area contributed by atoms with Gasteiger partial charge in [0, 0.05) is 23.3 Å². The molecule has 2 aromatic heterocycles. The lowest BCUT2D eigenvalue weighted by molar-refractivity contribution is 0.476. The van der Waals surface area contributed by atoms with Crippen LogP contribution in [-0.4, -0.2) is 21.5 Å². The average molecular weight is 260 g/mol. The summed E-state index contributed by atoms with van der Waals surface area (Å²) in [5.41, 5.74) is 2.13. The molecule has 0 spiro atoms. The normalized spacial score (nSPS) is 18.6. The van der Waals surface area contributed by atoms with Crippen LogP contribution < -0.4 is 5.32 Å². The molecule has 1 N–H and O–H groups in total. The smallest absolute Gasteiger partial charge is 0.144 e. The predicted octanol–water partition coefficient (Wildman–Crippen LogP) is 2.59. The number of hydrogen-bond acceptors (Lipinski definition) is 5. The van der Waals surface area contributed by atoms with Crippen LogP contribution in [0.25, 0.3) is 10.7 Å². The molecule has 0 saturated carbocycles. The first-order valence-corrected chi connectivity index (χ1v) is 7.19. The monoisotopic (exact) mass is 260 g/mol. The largest absolute Gasteiger partial charge is 0.309 e. The molecule has 1 atom stereocenters. The minimum atomic E-state index is 0.474. The van der Waals surface area contributed by atoms with Gasteiger partial charge in [-0.25, -0.2) is 4.98 Å². The molecule has 3 rings (SSSR count). The number of aromatic nitrogens is 3. The summed E-state index contributed by atoms with van der Waals surface area (Å²) in [6.07, 6.45) is 8.72. The Hall–Kier alpha value is -1.33. The highest BCUT2D eigenvalue weighted by Crippen LogP contribution is 2.37. The number of rotatable bonds is 3. The summed E-state index contributed by atoms with van der Waals surface area (Å²) in [5.74, 6) is 0. The zero-order valence-corrected chi connectivity index (χ0v) is 11.2. The van der Waals surface area contributed by atoms with Crippen LogP contribution in [0.15, 0.2) is 18.6 Å². The third-order valence-corrected chi connectivity index (χ3v) is 4.42. The van der Waals surface area contributed by atoms with Gasteiger partial charge in [-0.3, -0.25) is 9.97 Å². The van der Waals surface area contributed by atoms with Crippen molar-refractivity contribution >= 4 is 11.3 Å². The van der Waals surface area contributed by atoms with E-state index in [0.29, 0.717) is 6.04 Å². The highest BCUT2D eigenvalue weighted by atomic mass is 32.1. The zero-order valence-electron chi connectivity index (χ0n) is 10.4. The molecule has 0 saturated heterocycles. The van der Waals surface area contributed by atoms with Gasteiger partial charge in [-0.05, 0) is 25.8 Å². The standard InChI is InChI=1S/C13H16N4S/c1-2-15-9-4-3-5-10-12(9)18-13(17-10)11-8-14-6-7-16-11/h6-9,15H,2-5H2,1H3. The van der Waals surface area contributed by atoms with Gasteiger partial charge in [0.25, 0.3) is 0 Å². The molecule has 0 bridgehead atoms. The first-order chi connectivity index (χ1) is 8.88. The molecule has 1 aliphatic carbocycles. The molecule has 0 aromatic carbocycles. The predicted molar refractivity (Wildman–Crippen MR) is 72.5 cm³/mol. The summed E-state index contributed by atoms with van der Waals surface area (Å²) in [4.78, 5) is 14.6. The number of nitrogens with zero attached hydrogens (tertiary/aromatic N) is 3. The molecule has 4 nitrogen and oxygen atoms in total. The van der Waals surface area contributed by atoms with Crippen molar-refractivity contribution < 1.29 is 0 Å². The van der Waals surface area contributed by atoms with Gasteiger partial charge in [-0.2, -0.15) is 0 Å². The van der Waals surface area contributed by atoms with E-state index >= 15 is 0 Å². The fourth-order valence-corrected chi connectivity index (χ4v) is 3.56. The van der Waals surface area contributed by atoms with Gasteiger partial charge in [0.15, 0.2) is 0 Å². The SMILES string of the molecule is CCNC1CCCc2nc(-c3cnccn3)sc21. The third-order valence-electron chi connectivity index (χ3n) is 3.18. The Labute approximate surface area is 111 Å². The van der Waals surface area contributed by atoms with Crippen LogP contribution in [0.3, 0.4) is 0 Å². The maximum Gasteiger partial charge on any atom is 0.144 e. The lowest BCUT2D eigenvalue weighted by Gasteiger charge is -2.21. The highest BCUT2D eigenvalue weighted by molar-refractivity contribution is 7.15. The minimum absolute atomic E-state index is 0.474. The Morgan fingerprint density at radius 1 is 1.44 bits per heavy atom. The number of fused-ring (bicyclic) bond motifs is 1. The summed E-state index contributed by atoms with van der Waals surface area (Å²) in [5, 5.41) is 4.54. The molecule has 0 fully saturated rings. The Morgan fingerprint density at radius 2 is 2.39 bits per heavy atom. The van der Waals surface area contributed by atoms with Crippen LogP contribution in [-0.2, 0) is 6.42 Å². The van der Waals surface area contributed by atoms with Crippen LogP contribution in [0.5, 0.6) is 0 Å². The second-order valence-electron chi connectivity index (χ2n) is 4.42. The van der Waals surface area contributed by atoms with E-state index in [9.17, 15) is 0 Å². The fourth-order valence-electron chi connectivity index (χ4n) is 2.38. The van der Waals surface area contributed by atoms with Crippen LogP contribution in [0.1, 0.15) is 36.4 Å². The van der Waals surface area contributed by atoms with Crippen molar-refractivity contribution in [1.29, 1.82) is 0 Å². The molecule has 0 aliphatic heterocycles. The molecular weight excluding hydrogens is 244 g/mol. The van der Waals surface area contributed by atoms with Gasteiger partial charge < -0.3 is 5.32 Å². The van der Waals surface area contributed by atoms with E-state index in [-0.39, 0.29) is 0 Å². The van der Waals surface area contributed by atoms with Gasteiger partial charge in [0.05, 0.1) is 11.9 Å². The summed E-state index contributed by atoms with van der Waals surface area (Å²) in [6.45, 7) is 3.15. The Balaban J connectivity index is 1.96. The summed E-state index contributed by atoms with van der Waals surface area (Å²) in [6, 6.07) is 0.474. The van der Waals surface area contributed by atoms with E-state index in [1.807, 2.05) is 0 Å². The van der Waals surface area contributed by atoms with Crippen molar-refractivity contribution in [2.24, 2.45) is 0 Å². The van der Waals surface area contributed by atoms with E-state index in [1.165, 1.54) is 23.4 Å². The molecule has 18 heavy (non-hydrogen) atoms. The van der Waals surface area contributed by atoms with Crippen molar-refractivity contribution in [3.63, 3.8) is 0 Å². The summed E-state index contributed by atoms with van der Waals surface area (Å²) >= 11 is 1.76.